The second kappa shape index (κ2) is 39.2. The molecule has 226 valence electrons. The van der Waals surface area contributed by atoms with Crippen LogP contribution >= 0.6 is 0 Å². The average molecular weight is 559 g/mol. The average Bonchev–Trinajstić information content (AvgIpc) is 3.03. The van der Waals surface area contributed by atoms with Crippen molar-refractivity contribution in [1.29, 1.82) is 0 Å². The smallest absolute Gasteiger partial charge is 0.115 e. The third kappa shape index (κ3) is 35.8. The Labute approximate surface area is 243 Å². The van der Waals surface area contributed by atoms with Gasteiger partial charge in [-0.15, -0.1) is 0 Å². The molecule has 0 atom stereocenters. The zero-order chi connectivity index (χ0) is 32.2. The lowest BCUT2D eigenvalue weighted by Crippen LogP contribution is -1.61. The monoisotopic (exact) mass is 558 g/mol. The van der Waals surface area contributed by atoms with Gasteiger partial charge in [0.15, 0.2) is 0 Å². The summed E-state index contributed by atoms with van der Waals surface area (Å²) in [6, 6.07) is 28.8. The van der Waals surface area contributed by atoms with Crippen LogP contribution in [0.2, 0.25) is 0 Å². The first-order valence-electron chi connectivity index (χ1n) is 13.8. The lowest BCUT2D eigenvalue weighted by atomic mass is 10.3. The van der Waals surface area contributed by atoms with Crippen LogP contribution in [0.3, 0.4) is 0 Å². The maximum absolute atomic E-state index is 8.65. The van der Waals surface area contributed by atoms with Crippen LogP contribution in [0.1, 0.15) is 69.2 Å². The van der Waals surface area contributed by atoms with E-state index >= 15 is 0 Å². The van der Waals surface area contributed by atoms with Crippen molar-refractivity contribution >= 4 is 0 Å². The maximum atomic E-state index is 8.65. The molecule has 0 aliphatic rings. The van der Waals surface area contributed by atoms with E-state index in [1.54, 1.807) is 48.5 Å². The van der Waals surface area contributed by atoms with Crippen molar-refractivity contribution < 1.29 is 30.6 Å². The van der Waals surface area contributed by atoms with Gasteiger partial charge in [0, 0.05) is 0 Å². The molecule has 0 heterocycles. The fourth-order valence-electron chi connectivity index (χ4n) is 1.76. The summed E-state index contributed by atoms with van der Waals surface area (Å²) in [6.07, 6.45) is 0. The molecule has 6 nitrogen and oxygen atoms in total. The van der Waals surface area contributed by atoms with Gasteiger partial charge in [-0.1, -0.05) is 106 Å². The van der Waals surface area contributed by atoms with Crippen LogP contribution in [0.25, 0.3) is 0 Å². The molecule has 0 spiro atoms. The molecular formula is C34H54O6. The summed E-state index contributed by atoms with van der Waals surface area (Å²) in [6.45, 7) is 20.0. The van der Waals surface area contributed by atoms with E-state index in [0.717, 1.165) is 0 Å². The number of aromatic hydroxyl groups is 6. The van der Waals surface area contributed by atoms with Gasteiger partial charge in [0.1, 0.15) is 34.5 Å². The second-order valence-electron chi connectivity index (χ2n) is 5.70. The summed E-state index contributed by atoms with van der Waals surface area (Å²) < 4.78 is 0. The highest BCUT2D eigenvalue weighted by Gasteiger charge is 1.85. The summed E-state index contributed by atoms with van der Waals surface area (Å²) in [7, 11) is 0. The quantitative estimate of drug-likeness (QED) is 0.119. The zero-order valence-electron chi connectivity index (χ0n) is 26.1. The fourth-order valence-corrected chi connectivity index (χ4v) is 1.76. The molecule has 0 aliphatic carbocycles. The van der Waals surface area contributed by atoms with Crippen molar-refractivity contribution in [2.24, 2.45) is 0 Å². The minimum Gasteiger partial charge on any atom is -0.508 e. The molecule has 40 heavy (non-hydrogen) atoms. The third-order valence-corrected chi connectivity index (χ3v) is 3.21. The normalized spacial score (nSPS) is 7.35. The largest absolute Gasteiger partial charge is 0.508 e. The predicted molar refractivity (Wildman–Crippen MR) is 172 cm³/mol. The third-order valence-electron chi connectivity index (χ3n) is 3.21. The summed E-state index contributed by atoms with van der Waals surface area (Å²) >= 11 is 0. The summed E-state index contributed by atoms with van der Waals surface area (Å²) in [4.78, 5) is 0. The van der Waals surface area contributed by atoms with Gasteiger partial charge in [-0.3, -0.25) is 0 Å². The summed E-state index contributed by atoms with van der Waals surface area (Å²) in [5.41, 5.74) is 0. The van der Waals surface area contributed by atoms with E-state index in [9.17, 15) is 0 Å². The van der Waals surface area contributed by atoms with Crippen molar-refractivity contribution in [2.45, 2.75) is 69.2 Å². The summed E-state index contributed by atoms with van der Waals surface area (Å²) in [5.74, 6) is 1.32. The van der Waals surface area contributed by atoms with E-state index in [4.69, 9.17) is 30.6 Å². The number of phenols is 6. The Morgan fingerprint density at radius 2 is 0.350 bits per heavy atom. The SMILES string of the molecule is CC.CC.CC.CC.CC.Oc1ccc(O)cc1.Oc1ccc(O)cc1.Oc1ccccc1.Oc1ccccc1. The first-order valence-corrected chi connectivity index (χ1v) is 13.8. The van der Waals surface area contributed by atoms with Crippen molar-refractivity contribution in [3.05, 3.63) is 109 Å². The van der Waals surface area contributed by atoms with Crippen molar-refractivity contribution in [3.63, 3.8) is 0 Å². The molecule has 0 fully saturated rings. The zero-order valence-corrected chi connectivity index (χ0v) is 26.1. The van der Waals surface area contributed by atoms with Crippen molar-refractivity contribution in [2.75, 3.05) is 0 Å². The predicted octanol–water partition coefficient (Wildman–Crippen LogP) is 10.1. The number of benzene rings is 4. The van der Waals surface area contributed by atoms with Gasteiger partial charge in [0.25, 0.3) is 0 Å². The highest BCUT2D eigenvalue weighted by Crippen LogP contribution is 2.13. The van der Waals surface area contributed by atoms with Crippen LogP contribution in [-0.2, 0) is 0 Å². The van der Waals surface area contributed by atoms with Crippen LogP contribution in [-0.4, -0.2) is 30.6 Å². The van der Waals surface area contributed by atoms with Gasteiger partial charge in [0.05, 0.1) is 0 Å². The maximum Gasteiger partial charge on any atom is 0.115 e. The van der Waals surface area contributed by atoms with E-state index in [2.05, 4.69) is 0 Å². The number of hydrogen-bond donors (Lipinski definition) is 6. The molecule has 6 N–H and O–H groups in total. The van der Waals surface area contributed by atoms with Gasteiger partial charge in [-0.05, 0) is 72.8 Å². The Bertz CT molecular complexity index is 804. The molecule has 0 radical (unpaired) electrons. The molecule has 4 aromatic rings. The van der Waals surface area contributed by atoms with Crippen LogP contribution in [0.5, 0.6) is 34.5 Å². The van der Waals surface area contributed by atoms with Crippen molar-refractivity contribution in [3.8, 4) is 34.5 Å². The number of rotatable bonds is 0. The molecular weight excluding hydrogens is 504 g/mol. The van der Waals surface area contributed by atoms with Gasteiger partial charge in [-0.25, -0.2) is 0 Å². The van der Waals surface area contributed by atoms with E-state index in [1.807, 2.05) is 81.4 Å². The lowest BCUT2D eigenvalue weighted by molar-refractivity contribution is 0.460. The molecule has 4 rings (SSSR count). The van der Waals surface area contributed by atoms with Gasteiger partial charge < -0.3 is 30.6 Å². The number of para-hydroxylation sites is 2. The van der Waals surface area contributed by atoms with E-state index < -0.39 is 0 Å². The number of hydrogen-bond acceptors (Lipinski definition) is 6. The standard InChI is InChI=1S/2C6H6O2.2C6H6O.5C2H6/c2*7-5-1-2-6(8)4-3-5;2*7-6-4-2-1-3-5-6;5*1-2/h2*1-4,7-8H;2*1-5,7H;5*1-2H3. The fraction of sp³-hybridized carbons (Fsp3) is 0.294. The topological polar surface area (TPSA) is 121 Å². The van der Waals surface area contributed by atoms with E-state index in [0.29, 0.717) is 11.5 Å². The van der Waals surface area contributed by atoms with Crippen LogP contribution in [0.15, 0.2) is 109 Å². The molecule has 0 aromatic heterocycles. The number of phenolic OH excluding ortho intramolecular Hbond substituents is 6. The Balaban J connectivity index is -0.000000123. The van der Waals surface area contributed by atoms with E-state index in [1.165, 1.54) is 48.5 Å². The molecule has 0 saturated heterocycles. The molecule has 0 saturated carbocycles. The van der Waals surface area contributed by atoms with Crippen molar-refractivity contribution in [1.82, 2.24) is 0 Å². The minimum absolute atomic E-state index is 0.169. The molecule has 0 bridgehead atoms. The van der Waals surface area contributed by atoms with Gasteiger partial charge >= 0.3 is 0 Å². The molecule has 0 unspecified atom stereocenters. The van der Waals surface area contributed by atoms with Crippen LogP contribution in [0, 0.1) is 0 Å². The highest BCUT2D eigenvalue weighted by atomic mass is 16.3. The molecule has 0 aliphatic heterocycles. The van der Waals surface area contributed by atoms with E-state index in [-0.39, 0.29) is 23.0 Å². The minimum atomic E-state index is 0.169. The van der Waals surface area contributed by atoms with Crippen LogP contribution in [0.4, 0.5) is 0 Å². The molecule has 4 aromatic carbocycles. The molecule has 6 heteroatoms. The Kier molecular flexibility index (Phi) is 44.7. The summed E-state index contributed by atoms with van der Waals surface area (Å²) in [5, 5.41) is 51.8. The Hall–Kier alpha value is -4.32. The highest BCUT2D eigenvalue weighted by molar-refractivity contribution is 5.29. The lowest BCUT2D eigenvalue weighted by Gasteiger charge is -1.88. The Morgan fingerprint density at radius 3 is 0.450 bits per heavy atom. The second-order valence-corrected chi connectivity index (χ2v) is 5.70. The first-order chi connectivity index (χ1) is 19.4. The van der Waals surface area contributed by atoms with Crippen LogP contribution < -0.4 is 0 Å². The van der Waals surface area contributed by atoms with Gasteiger partial charge in [-0.2, -0.15) is 0 Å². The molecule has 0 amide bonds. The Morgan fingerprint density at radius 1 is 0.225 bits per heavy atom. The van der Waals surface area contributed by atoms with Gasteiger partial charge in [0.2, 0.25) is 0 Å². The first kappa shape index (κ1) is 45.6.